The summed E-state index contributed by atoms with van der Waals surface area (Å²) >= 11 is 1.51. The molecule has 0 radical (unpaired) electrons. The maximum Gasteiger partial charge on any atom is 0.338 e. The van der Waals surface area contributed by atoms with Crippen molar-refractivity contribution in [1.82, 2.24) is 5.32 Å². The molecule has 1 aliphatic rings. The molecule has 0 spiro atoms. The average Bonchev–Trinajstić information content (AvgIpc) is 3.56. The Hall–Kier alpha value is -3.72. The smallest absolute Gasteiger partial charge is 0.338 e. The number of nitrogens with one attached hydrogen (secondary N) is 1. The molecule has 9 heteroatoms. The number of thiophene rings is 1. The molecule has 1 atom stereocenters. The number of carbonyl (C=O) groups excluding carboxylic acids is 2. The summed E-state index contributed by atoms with van der Waals surface area (Å²) in [4.78, 5) is 39.0. The van der Waals surface area contributed by atoms with Crippen LogP contribution in [-0.2, 0) is 9.53 Å². The van der Waals surface area contributed by atoms with Crippen LogP contribution in [0, 0.1) is 10.1 Å². The lowest BCUT2D eigenvalue weighted by Gasteiger charge is -2.18. The number of amides is 1. The molecule has 0 aliphatic carbocycles. The molecule has 0 bridgehead atoms. The molecule has 0 saturated carbocycles. The number of hydrogen-bond acceptors (Lipinski definition) is 7. The minimum absolute atomic E-state index is 0.0373. The van der Waals surface area contributed by atoms with Crippen LogP contribution in [0.2, 0.25) is 0 Å². The van der Waals surface area contributed by atoms with E-state index < -0.39 is 23.4 Å². The van der Waals surface area contributed by atoms with E-state index in [1.807, 2.05) is 52.7 Å². The van der Waals surface area contributed by atoms with Crippen molar-refractivity contribution in [2.24, 2.45) is 0 Å². The average molecular weight is 466 g/mol. The Labute approximate surface area is 194 Å². The molecule has 2 heterocycles. The summed E-state index contributed by atoms with van der Waals surface area (Å²) in [5.41, 5.74) is 1.30. The maximum atomic E-state index is 12.6. The molecular formula is C24H23N3O5S. The minimum Gasteiger partial charge on any atom is -0.452 e. The summed E-state index contributed by atoms with van der Waals surface area (Å²) in [5, 5.41) is 16.4. The normalized spacial score (nSPS) is 14.0. The Morgan fingerprint density at radius 2 is 1.85 bits per heavy atom. The predicted molar refractivity (Wildman–Crippen MR) is 126 cm³/mol. The SMILES string of the molecule is O=C(COC(=O)c1ccc(N2CCCC2)c([N+](=O)[O-])c1)NC(c1ccccc1)c1cccs1. The van der Waals surface area contributed by atoms with Crippen molar-refractivity contribution in [1.29, 1.82) is 0 Å². The van der Waals surface area contributed by atoms with E-state index in [4.69, 9.17) is 4.74 Å². The zero-order valence-electron chi connectivity index (χ0n) is 17.8. The third-order valence-corrected chi connectivity index (χ3v) is 6.39. The van der Waals surface area contributed by atoms with E-state index in [1.54, 1.807) is 6.07 Å². The van der Waals surface area contributed by atoms with Crippen molar-refractivity contribution >= 4 is 34.6 Å². The van der Waals surface area contributed by atoms with Gasteiger partial charge in [0.2, 0.25) is 0 Å². The van der Waals surface area contributed by atoms with Crippen LogP contribution in [0.4, 0.5) is 11.4 Å². The Morgan fingerprint density at radius 1 is 1.09 bits per heavy atom. The van der Waals surface area contributed by atoms with Gasteiger partial charge in [0.1, 0.15) is 5.69 Å². The van der Waals surface area contributed by atoms with E-state index in [-0.39, 0.29) is 17.3 Å². The number of rotatable bonds is 8. The summed E-state index contributed by atoms with van der Waals surface area (Å²) in [5.74, 6) is -1.25. The molecule has 170 valence electrons. The lowest BCUT2D eigenvalue weighted by Crippen LogP contribution is -2.32. The van der Waals surface area contributed by atoms with Crippen molar-refractivity contribution in [2.45, 2.75) is 18.9 Å². The topological polar surface area (TPSA) is 102 Å². The van der Waals surface area contributed by atoms with Gasteiger partial charge in [0, 0.05) is 24.0 Å². The van der Waals surface area contributed by atoms with E-state index in [0.29, 0.717) is 5.69 Å². The van der Waals surface area contributed by atoms with Gasteiger partial charge in [0.15, 0.2) is 6.61 Å². The number of nitrogens with zero attached hydrogens (tertiary/aromatic N) is 2. The number of nitro groups is 1. The van der Waals surface area contributed by atoms with Crippen LogP contribution >= 0.6 is 11.3 Å². The van der Waals surface area contributed by atoms with E-state index in [2.05, 4.69) is 5.32 Å². The molecule has 4 rings (SSSR count). The first-order chi connectivity index (χ1) is 16.0. The third kappa shape index (κ3) is 5.38. The molecule has 1 fully saturated rings. The highest BCUT2D eigenvalue weighted by Crippen LogP contribution is 2.32. The zero-order chi connectivity index (χ0) is 23.2. The number of hydrogen-bond donors (Lipinski definition) is 1. The second-order valence-corrected chi connectivity index (χ2v) is 8.64. The molecule has 8 nitrogen and oxygen atoms in total. The van der Waals surface area contributed by atoms with Gasteiger partial charge in [-0.1, -0.05) is 36.4 Å². The predicted octanol–water partition coefficient (Wildman–Crippen LogP) is 4.32. The van der Waals surface area contributed by atoms with Crippen LogP contribution in [0.5, 0.6) is 0 Å². The van der Waals surface area contributed by atoms with E-state index in [0.717, 1.165) is 36.4 Å². The van der Waals surface area contributed by atoms with Crippen molar-refractivity contribution in [3.05, 3.63) is 92.2 Å². The van der Waals surface area contributed by atoms with Gasteiger partial charge in [0.25, 0.3) is 11.6 Å². The molecule has 1 unspecified atom stereocenters. The van der Waals surface area contributed by atoms with Crippen molar-refractivity contribution in [3.8, 4) is 0 Å². The van der Waals surface area contributed by atoms with Crippen molar-refractivity contribution < 1.29 is 19.2 Å². The van der Waals surface area contributed by atoms with E-state index in [9.17, 15) is 19.7 Å². The third-order valence-electron chi connectivity index (χ3n) is 5.45. The van der Waals surface area contributed by atoms with Gasteiger partial charge in [-0.3, -0.25) is 14.9 Å². The Balaban J connectivity index is 1.42. The summed E-state index contributed by atoms with van der Waals surface area (Å²) < 4.78 is 5.16. The summed E-state index contributed by atoms with van der Waals surface area (Å²) in [7, 11) is 0. The second kappa shape index (κ2) is 10.3. The van der Waals surface area contributed by atoms with E-state index in [1.165, 1.54) is 23.5 Å². The Kier molecular flexibility index (Phi) is 6.99. The van der Waals surface area contributed by atoms with Gasteiger partial charge in [-0.05, 0) is 42.0 Å². The van der Waals surface area contributed by atoms with Crippen LogP contribution in [0.15, 0.2) is 66.0 Å². The monoisotopic (exact) mass is 465 g/mol. The maximum absolute atomic E-state index is 12.6. The lowest BCUT2D eigenvalue weighted by atomic mass is 10.1. The lowest BCUT2D eigenvalue weighted by molar-refractivity contribution is -0.384. The Morgan fingerprint density at radius 3 is 2.52 bits per heavy atom. The molecular weight excluding hydrogens is 442 g/mol. The highest BCUT2D eigenvalue weighted by molar-refractivity contribution is 7.10. The van der Waals surface area contributed by atoms with Gasteiger partial charge in [-0.25, -0.2) is 4.79 Å². The number of carbonyl (C=O) groups is 2. The first kappa shape index (κ1) is 22.5. The molecule has 2 aromatic carbocycles. The van der Waals surface area contributed by atoms with Crippen LogP contribution in [0.1, 0.15) is 39.7 Å². The fourth-order valence-electron chi connectivity index (χ4n) is 3.86. The standard InChI is InChI=1S/C24H23N3O5S/c28-22(25-23(21-9-6-14-33-21)17-7-2-1-3-8-17)16-32-24(29)18-10-11-19(20(15-18)27(30)31)26-12-4-5-13-26/h1-3,6-11,14-15,23H,4-5,12-13,16H2,(H,25,28). The van der Waals surface area contributed by atoms with Gasteiger partial charge < -0.3 is 15.0 Å². The second-order valence-electron chi connectivity index (χ2n) is 7.66. The quantitative estimate of drug-likeness (QED) is 0.302. The molecule has 1 saturated heterocycles. The first-order valence-electron chi connectivity index (χ1n) is 10.6. The molecule has 1 N–H and O–H groups in total. The highest BCUT2D eigenvalue weighted by Gasteiger charge is 2.25. The summed E-state index contributed by atoms with van der Waals surface area (Å²) in [6.07, 6.45) is 1.96. The van der Waals surface area contributed by atoms with Gasteiger partial charge >= 0.3 is 5.97 Å². The number of ether oxygens (including phenoxy) is 1. The minimum atomic E-state index is -0.784. The number of benzene rings is 2. The zero-order valence-corrected chi connectivity index (χ0v) is 18.6. The number of anilines is 1. The molecule has 33 heavy (non-hydrogen) atoms. The van der Waals surface area contributed by atoms with Gasteiger partial charge in [0.05, 0.1) is 16.5 Å². The van der Waals surface area contributed by atoms with Crippen LogP contribution in [0.25, 0.3) is 0 Å². The largest absolute Gasteiger partial charge is 0.452 e. The van der Waals surface area contributed by atoms with E-state index >= 15 is 0 Å². The highest BCUT2D eigenvalue weighted by atomic mass is 32.1. The van der Waals surface area contributed by atoms with Crippen LogP contribution in [-0.4, -0.2) is 36.5 Å². The first-order valence-corrected chi connectivity index (χ1v) is 11.5. The summed E-state index contributed by atoms with van der Waals surface area (Å²) in [6, 6.07) is 17.3. The van der Waals surface area contributed by atoms with Gasteiger partial charge in [-0.2, -0.15) is 0 Å². The number of nitro benzene ring substituents is 1. The molecule has 1 aromatic heterocycles. The van der Waals surface area contributed by atoms with Crippen LogP contribution < -0.4 is 10.2 Å². The number of esters is 1. The molecule has 3 aromatic rings. The fourth-order valence-corrected chi connectivity index (χ4v) is 4.66. The van der Waals surface area contributed by atoms with Crippen LogP contribution in [0.3, 0.4) is 0 Å². The summed E-state index contributed by atoms with van der Waals surface area (Å²) in [6.45, 7) is 1.00. The molecule has 1 aliphatic heterocycles. The fraction of sp³-hybridized carbons (Fsp3) is 0.250. The van der Waals surface area contributed by atoms with Crippen molar-refractivity contribution in [3.63, 3.8) is 0 Å². The van der Waals surface area contributed by atoms with Gasteiger partial charge in [-0.15, -0.1) is 11.3 Å². The Bertz CT molecular complexity index is 1130. The molecule has 1 amide bonds. The van der Waals surface area contributed by atoms with Crippen molar-refractivity contribution in [2.75, 3.05) is 24.6 Å².